The second-order valence-corrected chi connectivity index (χ2v) is 7.88. The Hall–Kier alpha value is -3.92. The molecule has 32 heavy (non-hydrogen) atoms. The van der Waals surface area contributed by atoms with Gasteiger partial charge >= 0.3 is 0 Å². The molecule has 4 aromatic heterocycles. The standard InChI is InChI=1S/C22H23N9O/c1-29-7-9-31(10-8-29)21-11-15(5-6-23-21)22(32)26-20-12-18-16(13-24-20)3-4-17(25-18)19-14-30(2)28-27-19/h3-6,11-14H,7-10H2,1-2H3,(H,24,26,32). The predicted molar refractivity (Wildman–Crippen MR) is 121 cm³/mol. The molecule has 4 aromatic rings. The van der Waals surface area contributed by atoms with Crippen LogP contribution in [-0.4, -0.2) is 74.0 Å². The topological polar surface area (TPSA) is 105 Å². The largest absolute Gasteiger partial charge is 0.354 e. The van der Waals surface area contributed by atoms with E-state index in [0.717, 1.165) is 37.4 Å². The fourth-order valence-electron chi connectivity index (χ4n) is 3.65. The van der Waals surface area contributed by atoms with Crippen LogP contribution in [0.1, 0.15) is 10.4 Å². The van der Waals surface area contributed by atoms with Gasteiger partial charge in [0, 0.05) is 62.6 Å². The number of nitrogens with one attached hydrogen (secondary N) is 1. The Labute approximate surface area is 184 Å². The van der Waals surface area contributed by atoms with Crippen molar-refractivity contribution >= 4 is 28.4 Å². The maximum absolute atomic E-state index is 12.9. The molecule has 0 bridgehead atoms. The molecule has 0 atom stereocenters. The number of rotatable bonds is 4. The number of likely N-dealkylation sites (N-methyl/N-ethyl adjacent to an activating group) is 1. The van der Waals surface area contributed by atoms with Crippen LogP contribution in [0.3, 0.4) is 0 Å². The molecule has 0 saturated carbocycles. The van der Waals surface area contributed by atoms with Crippen molar-refractivity contribution < 1.29 is 4.79 Å². The SMILES string of the molecule is CN1CCN(c2cc(C(=O)Nc3cc4nc(-c5cn(C)nn5)ccc4cn3)ccn2)CC1. The third-order valence-corrected chi connectivity index (χ3v) is 5.52. The van der Waals surface area contributed by atoms with Gasteiger partial charge in [-0.25, -0.2) is 15.0 Å². The van der Waals surface area contributed by atoms with E-state index in [-0.39, 0.29) is 5.91 Å². The van der Waals surface area contributed by atoms with Crippen molar-refractivity contribution in [2.24, 2.45) is 7.05 Å². The molecule has 1 fully saturated rings. The summed E-state index contributed by atoms with van der Waals surface area (Å²) in [6.07, 6.45) is 5.17. The maximum Gasteiger partial charge on any atom is 0.257 e. The van der Waals surface area contributed by atoms with Crippen molar-refractivity contribution in [3.05, 3.63) is 54.5 Å². The Morgan fingerprint density at radius 3 is 2.62 bits per heavy atom. The van der Waals surface area contributed by atoms with Gasteiger partial charge in [-0.15, -0.1) is 5.10 Å². The minimum absolute atomic E-state index is 0.236. The number of nitrogens with zero attached hydrogens (tertiary/aromatic N) is 8. The number of amides is 1. The normalized spacial score (nSPS) is 14.6. The lowest BCUT2D eigenvalue weighted by atomic mass is 10.2. The lowest BCUT2D eigenvalue weighted by Crippen LogP contribution is -2.44. The summed E-state index contributed by atoms with van der Waals surface area (Å²) in [5.41, 5.74) is 2.65. The number of aromatic nitrogens is 6. The molecule has 5 rings (SSSR count). The molecule has 0 unspecified atom stereocenters. The molecule has 1 saturated heterocycles. The lowest BCUT2D eigenvalue weighted by Gasteiger charge is -2.33. The van der Waals surface area contributed by atoms with Crippen LogP contribution in [0.15, 0.2) is 48.9 Å². The number of anilines is 2. The molecule has 1 aliphatic heterocycles. The number of fused-ring (bicyclic) bond motifs is 1. The molecule has 0 aromatic carbocycles. The molecule has 0 spiro atoms. The van der Waals surface area contributed by atoms with Crippen LogP contribution in [0.4, 0.5) is 11.6 Å². The number of carbonyl (C=O) groups excluding carboxylic acids is 1. The Morgan fingerprint density at radius 1 is 1.00 bits per heavy atom. The second kappa shape index (κ2) is 8.31. The van der Waals surface area contributed by atoms with E-state index in [1.165, 1.54) is 0 Å². The van der Waals surface area contributed by atoms with Gasteiger partial charge in [-0.05, 0) is 31.3 Å². The van der Waals surface area contributed by atoms with Crippen LogP contribution in [0.5, 0.6) is 0 Å². The molecular formula is C22H23N9O. The van der Waals surface area contributed by atoms with E-state index in [4.69, 9.17) is 0 Å². The van der Waals surface area contributed by atoms with Crippen molar-refractivity contribution in [1.29, 1.82) is 0 Å². The molecular weight excluding hydrogens is 406 g/mol. The highest BCUT2D eigenvalue weighted by Gasteiger charge is 2.17. The minimum atomic E-state index is -0.236. The third kappa shape index (κ3) is 4.12. The first-order valence-corrected chi connectivity index (χ1v) is 10.4. The van der Waals surface area contributed by atoms with Gasteiger partial charge in [0.25, 0.3) is 5.91 Å². The predicted octanol–water partition coefficient (Wildman–Crippen LogP) is 1.82. The number of hydrogen-bond donors (Lipinski definition) is 1. The van der Waals surface area contributed by atoms with Crippen LogP contribution in [0.2, 0.25) is 0 Å². The summed E-state index contributed by atoms with van der Waals surface area (Å²) in [6, 6.07) is 9.10. The highest BCUT2D eigenvalue weighted by atomic mass is 16.1. The summed E-state index contributed by atoms with van der Waals surface area (Å²) in [6.45, 7) is 3.73. The van der Waals surface area contributed by atoms with E-state index in [1.807, 2.05) is 25.2 Å². The maximum atomic E-state index is 12.9. The van der Waals surface area contributed by atoms with E-state index in [1.54, 1.807) is 35.4 Å². The van der Waals surface area contributed by atoms with Crippen molar-refractivity contribution in [1.82, 2.24) is 34.8 Å². The number of carbonyl (C=O) groups is 1. The average molecular weight is 429 g/mol. The molecule has 0 aliphatic carbocycles. The van der Waals surface area contributed by atoms with E-state index >= 15 is 0 Å². The summed E-state index contributed by atoms with van der Waals surface area (Å²) in [4.78, 5) is 30.8. The zero-order valence-electron chi connectivity index (χ0n) is 17.9. The first kappa shape index (κ1) is 20.0. The van der Waals surface area contributed by atoms with Gasteiger partial charge in [0.2, 0.25) is 0 Å². The number of hydrogen-bond acceptors (Lipinski definition) is 8. The smallest absolute Gasteiger partial charge is 0.257 e. The Bertz CT molecular complexity index is 1280. The molecule has 0 radical (unpaired) electrons. The summed E-state index contributed by atoms with van der Waals surface area (Å²) in [5.74, 6) is 1.01. The molecule has 1 amide bonds. The molecule has 10 heteroatoms. The van der Waals surface area contributed by atoms with Gasteiger partial charge in [-0.2, -0.15) is 0 Å². The molecule has 1 N–H and O–H groups in total. The second-order valence-electron chi connectivity index (χ2n) is 7.88. The molecule has 162 valence electrons. The van der Waals surface area contributed by atoms with Crippen LogP contribution in [-0.2, 0) is 7.05 Å². The van der Waals surface area contributed by atoms with Gasteiger partial charge in [-0.3, -0.25) is 9.48 Å². The lowest BCUT2D eigenvalue weighted by molar-refractivity contribution is 0.102. The fraction of sp³-hybridized carbons (Fsp3) is 0.273. The van der Waals surface area contributed by atoms with E-state index in [2.05, 4.69) is 47.4 Å². The molecule has 5 heterocycles. The summed E-state index contributed by atoms with van der Waals surface area (Å²) >= 11 is 0. The minimum Gasteiger partial charge on any atom is -0.354 e. The summed E-state index contributed by atoms with van der Waals surface area (Å²) in [5, 5.41) is 11.8. The van der Waals surface area contributed by atoms with Crippen molar-refractivity contribution in [2.75, 3.05) is 43.4 Å². The Balaban J connectivity index is 1.36. The highest BCUT2D eigenvalue weighted by molar-refractivity contribution is 6.04. The number of aryl methyl sites for hydroxylation is 1. The summed E-state index contributed by atoms with van der Waals surface area (Å²) < 4.78 is 1.63. The van der Waals surface area contributed by atoms with Crippen LogP contribution >= 0.6 is 0 Å². The van der Waals surface area contributed by atoms with E-state index in [0.29, 0.717) is 28.3 Å². The average Bonchev–Trinajstić information content (AvgIpc) is 3.25. The van der Waals surface area contributed by atoms with Gasteiger partial charge in [-0.1, -0.05) is 5.21 Å². The van der Waals surface area contributed by atoms with Crippen LogP contribution < -0.4 is 10.2 Å². The van der Waals surface area contributed by atoms with Gasteiger partial charge < -0.3 is 15.1 Å². The first-order valence-electron chi connectivity index (χ1n) is 10.4. The number of piperazine rings is 1. The van der Waals surface area contributed by atoms with Crippen molar-refractivity contribution in [3.63, 3.8) is 0 Å². The van der Waals surface area contributed by atoms with Crippen LogP contribution in [0.25, 0.3) is 22.3 Å². The number of pyridine rings is 3. The highest BCUT2D eigenvalue weighted by Crippen LogP contribution is 2.21. The zero-order valence-corrected chi connectivity index (χ0v) is 17.9. The monoisotopic (exact) mass is 429 g/mol. The fourth-order valence-corrected chi connectivity index (χ4v) is 3.65. The van der Waals surface area contributed by atoms with E-state index in [9.17, 15) is 4.79 Å². The quantitative estimate of drug-likeness (QED) is 0.524. The van der Waals surface area contributed by atoms with Gasteiger partial charge in [0.1, 0.15) is 17.3 Å². The Kier molecular flexibility index (Phi) is 5.20. The summed E-state index contributed by atoms with van der Waals surface area (Å²) in [7, 11) is 3.92. The third-order valence-electron chi connectivity index (χ3n) is 5.52. The van der Waals surface area contributed by atoms with Crippen molar-refractivity contribution in [3.8, 4) is 11.4 Å². The van der Waals surface area contributed by atoms with Crippen LogP contribution in [0, 0.1) is 0 Å². The van der Waals surface area contributed by atoms with Gasteiger partial charge in [0.15, 0.2) is 0 Å². The van der Waals surface area contributed by atoms with E-state index < -0.39 is 0 Å². The van der Waals surface area contributed by atoms with Crippen molar-refractivity contribution in [2.45, 2.75) is 0 Å². The zero-order chi connectivity index (χ0) is 22.1. The first-order chi connectivity index (χ1) is 15.5. The molecule has 10 nitrogen and oxygen atoms in total. The molecule has 1 aliphatic rings. The van der Waals surface area contributed by atoms with Gasteiger partial charge in [0.05, 0.1) is 17.4 Å². The Morgan fingerprint density at radius 2 is 1.84 bits per heavy atom.